The van der Waals surface area contributed by atoms with E-state index >= 15 is 0 Å². The van der Waals surface area contributed by atoms with Crippen LogP contribution in [0.2, 0.25) is 0 Å². The zero-order valence-corrected chi connectivity index (χ0v) is 19.7. The summed E-state index contributed by atoms with van der Waals surface area (Å²) < 4.78 is 5.98. The molecule has 3 aromatic rings. The predicted octanol–water partition coefficient (Wildman–Crippen LogP) is 4.86. The number of ether oxygens (including phenoxy) is 1. The molecule has 34 heavy (non-hydrogen) atoms. The average molecular weight is 456 g/mol. The molecule has 1 aliphatic carbocycles. The fraction of sp³-hybridized carbons (Fsp3) is 0.379. The number of nitrogens with zero attached hydrogens (tertiary/aromatic N) is 2. The van der Waals surface area contributed by atoms with E-state index in [0.29, 0.717) is 6.54 Å². The van der Waals surface area contributed by atoms with Crippen LogP contribution in [0.15, 0.2) is 72.9 Å². The predicted molar refractivity (Wildman–Crippen MR) is 135 cm³/mol. The summed E-state index contributed by atoms with van der Waals surface area (Å²) in [4.78, 5) is 19.3. The quantitative estimate of drug-likeness (QED) is 0.501. The molecule has 0 radical (unpaired) electrons. The monoisotopic (exact) mass is 455 g/mol. The van der Waals surface area contributed by atoms with Crippen LogP contribution in [-0.2, 0) is 17.8 Å². The third kappa shape index (κ3) is 6.03. The summed E-state index contributed by atoms with van der Waals surface area (Å²) in [5.41, 5.74) is 4.70. The number of rotatable bonds is 9. The number of carbonyl (C=O) groups excluding carboxylic acids is 1. The van der Waals surface area contributed by atoms with E-state index in [4.69, 9.17) is 4.74 Å². The van der Waals surface area contributed by atoms with E-state index in [-0.39, 0.29) is 12.3 Å². The molecule has 1 amide bonds. The maximum Gasteiger partial charge on any atom is 0.226 e. The molecule has 0 bridgehead atoms. The van der Waals surface area contributed by atoms with Crippen LogP contribution in [-0.4, -0.2) is 42.0 Å². The van der Waals surface area contributed by atoms with Gasteiger partial charge in [0, 0.05) is 30.5 Å². The summed E-state index contributed by atoms with van der Waals surface area (Å²) >= 11 is 0. The highest BCUT2D eigenvalue weighted by Gasteiger charge is 2.44. The molecule has 1 N–H and O–H groups in total. The number of likely N-dealkylation sites (tertiary alicyclic amines) is 1. The number of amides is 1. The number of benzene rings is 2. The van der Waals surface area contributed by atoms with Crippen LogP contribution < -0.4 is 10.1 Å². The summed E-state index contributed by atoms with van der Waals surface area (Å²) in [6.07, 6.45) is 7.74. The molecule has 2 aliphatic rings. The number of hydrogen-bond donors (Lipinski definition) is 1. The van der Waals surface area contributed by atoms with Crippen LogP contribution in [0.5, 0.6) is 5.75 Å². The molecule has 1 saturated carbocycles. The van der Waals surface area contributed by atoms with Gasteiger partial charge in [0.15, 0.2) is 0 Å². The van der Waals surface area contributed by atoms with E-state index in [2.05, 4.69) is 27.3 Å². The first kappa shape index (κ1) is 22.6. The highest BCUT2D eigenvalue weighted by atomic mass is 16.5. The van der Waals surface area contributed by atoms with Crippen LogP contribution in [0, 0.1) is 5.41 Å². The molecule has 5 rings (SSSR count). The Morgan fingerprint density at radius 1 is 0.912 bits per heavy atom. The maximum atomic E-state index is 12.2. The van der Waals surface area contributed by atoms with Gasteiger partial charge < -0.3 is 10.1 Å². The number of piperidine rings is 1. The van der Waals surface area contributed by atoms with Gasteiger partial charge in [-0.3, -0.25) is 14.7 Å². The van der Waals surface area contributed by atoms with Crippen molar-refractivity contribution in [1.29, 1.82) is 0 Å². The van der Waals surface area contributed by atoms with Crippen molar-refractivity contribution in [3.8, 4) is 16.9 Å². The van der Waals surface area contributed by atoms with Crippen LogP contribution in [0.4, 0.5) is 0 Å². The fourth-order valence-corrected chi connectivity index (χ4v) is 4.69. The Bertz CT molecular complexity index is 1070. The van der Waals surface area contributed by atoms with E-state index in [0.717, 1.165) is 46.7 Å². The topological polar surface area (TPSA) is 54.5 Å². The second kappa shape index (κ2) is 10.4. The molecule has 1 aliphatic heterocycles. The molecule has 2 heterocycles. The van der Waals surface area contributed by atoms with Gasteiger partial charge >= 0.3 is 0 Å². The third-order valence-electron chi connectivity index (χ3n) is 7.24. The van der Waals surface area contributed by atoms with Crippen LogP contribution in [0.25, 0.3) is 11.1 Å². The molecule has 5 heteroatoms. The number of nitrogens with one attached hydrogen (secondary N) is 1. The van der Waals surface area contributed by atoms with Gasteiger partial charge in [-0.05, 0) is 73.5 Å². The SMILES string of the molecule is O=C(Cc1ccc(-c2ccc(OCCN3CCC4(CC3)CC4)cc2)cn1)NCc1ccccc1. The van der Waals surface area contributed by atoms with Gasteiger partial charge in [-0.25, -0.2) is 0 Å². The van der Waals surface area contributed by atoms with Gasteiger partial charge in [0.1, 0.15) is 12.4 Å². The molecular formula is C29H33N3O2. The molecule has 0 atom stereocenters. The van der Waals surface area contributed by atoms with Crippen molar-refractivity contribution < 1.29 is 9.53 Å². The number of aromatic nitrogens is 1. The standard InChI is InChI=1S/C29H33N3O2/c33-28(31-21-23-4-2-1-3-5-23)20-26-9-6-25(22-30-26)24-7-10-27(11-8-24)34-19-18-32-16-14-29(12-13-29)15-17-32/h1-11,22H,12-21H2,(H,31,33). The number of pyridine rings is 1. The lowest BCUT2D eigenvalue weighted by atomic mass is 9.94. The minimum absolute atomic E-state index is 0.0257. The highest BCUT2D eigenvalue weighted by molar-refractivity contribution is 5.78. The molecule has 1 saturated heterocycles. The first-order valence-corrected chi connectivity index (χ1v) is 12.4. The van der Waals surface area contributed by atoms with Crippen molar-refractivity contribution in [3.63, 3.8) is 0 Å². The smallest absolute Gasteiger partial charge is 0.226 e. The lowest BCUT2D eigenvalue weighted by molar-refractivity contribution is -0.120. The van der Waals surface area contributed by atoms with Crippen molar-refractivity contribution in [1.82, 2.24) is 15.2 Å². The van der Waals surface area contributed by atoms with E-state index in [1.54, 1.807) is 0 Å². The van der Waals surface area contributed by atoms with Crippen molar-refractivity contribution in [2.24, 2.45) is 5.41 Å². The summed E-state index contributed by atoms with van der Waals surface area (Å²) in [5, 5.41) is 2.95. The Morgan fingerprint density at radius 2 is 1.65 bits per heavy atom. The second-order valence-corrected chi connectivity index (χ2v) is 9.69. The third-order valence-corrected chi connectivity index (χ3v) is 7.24. The summed E-state index contributed by atoms with van der Waals surface area (Å²) in [6, 6.07) is 22.0. The van der Waals surface area contributed by atoms with Crippen molar-refractivity contribution >= 4 is 5.91 Å². The first-order valence-electron chi connectivity index (χ1n) is 12.4. The largest absolute Gasteiger partial charge is 0.492 e. The van der Waals surface area contributed by atoms with Crippen LogP contribution >= 0.6 is 0 Å². The van der Waals surface area contributed by atoms with Gasteiger partial charge in [0.2, 0.25) is 5.91 Å². The average Bonchev–Trinajstić information content (AvgIpc) is 3.64. The Balaban J connectivity index is 1.06. The zero-order valence-electron chi connectivity index (χ0n) is 19.7. The van der Waals surface area contributed by atoms with Crippen LogP contribution in [0.3, 0.4) is 0 Å². The molecular weight excluding hydrogens is 422 g/mol. The maximum absolute atomic E-state index is 12.2. The zero-order chi connectivity index (χ0) is 23.2. The Kier molecular flexibility index (Phi) is 6.91. The number of carbonyl (C=O) groups is 1. The van der Waals surface area contributed by atoms with Gasteiger partial charge in [-0.15, -0.1) is 0 Å². The van der Waals surface area contributed by atoms with Gasteiger partial charge in [0.25, 0.3) is 0 Å². The fourth-order valence-electron chi connectivity index (χ4n) is 4.69. The normalized spacial score (nSPS) is 16.8. The lowest BCUT2D eigenvalue weighted by Crippen LogP contribution is -2.37. The van der Waals surface area contributed by atoms with Crippen molar-refractivity contribution in [2.45, 2.75) is 38.6 Å². The van der Waals surface area contributed by atoms with Gasteiger partial charge in [-0.2, -0.15) is 0 Å². The molecule has 0 unspecified atom stereocenters. The minimum atomic E-state index is -0.0257. The lowest BCUT2D eigenvalue weighted by Gasteiger charge is -2.31. The molecule has 1 spiro atoms. The first-order chi connectivity index (χ1) is 16.7. The van der Waals surface area contributed by atoms with Crippen molar-refractivity contribution in [2.75, 3.05) is 26.2 Å². The Hall–Kier alpha value is -3.18. The molecule has 2 aromatic carbocycles. The van der Waals surface area contributed by atoms with E-state index < -0.39 is 0 Å². The molecule has 2 fully saturated rings. The molecule has 176 valence electrons. The van der Waals surface area contributed by atoms with Crippen molar-refractivity contribution in [3.05, 3.63) is 84.2 Å². The molecule has 5 nitrogen and oxygen atoms in total. The molecule has 1 aromatic heterocycles. The van der Waals surface area contributed by atoms with Crippen LogP contribution in [0.1, 0.15) is 36.9 Å². The Morgan fingerprint density at radius 3 is 2.32 bits per heavy atom. The summed E-state index contributed by atoms with van der Waals surface area (Å²) in [6.45, 7) is 4.71. The van der Waals surface area contributed by atoms with E-state index in [1.165, 1.54) is 38.8 Å². The van der Waals surface area contributed by atoms with E-state index in [1.807, 2.05) is 60.8 Å². The minimum Gasteiger partial charge on any atom is -0.492 e. The summed E-state index contributed by atoms with van der Waals surface area (Å²) in [5.74, 6) is 0.876. The number of hydrogen-bond acceptors (Lipinski definition) is 4. The summed E-state index contributed by atoms with van der Waals surface area (Å²) in [7, 11) is 0. The Labute approximate surface area is 202 Å². The van der Waals surface area contributed by atoms with E-state index in [9.17, 15) is 4.79 Å². The highest BCUT2D eigenvalue weighted by Crippen LogP contribution is 2.53. The van der Waals surface area contributed by atoms with Gasteiger partial charge in [-0.1, -0.05) is 48.5 Å². The second-order valence-electron chi connectivity index (χ2n) is 9.69. The van der Waals surface area contributed by atoms with Gasteiger partial charge in [0.05, 0.1) is 6.42 Å².